The molecule has 186 valence electrons. The van der Waals surface area contributed by atoms with Crippen LogP contribution in [0.15, 0.2) is 85.1 Å². The zero-order chi connectivity index (χ0) is 25.5. The highest BCUT2D eigenvalue weighted by Crippen LogP contribution is 2.40. The molecule has 0 amide bonds. The van der Waals surface area contributed by atoms with E-state index in [1.807, 2.05) is 77.9 Å². The van der Waals surface area contributed by atoms with Crippen molar-refractivity contribution in [3.05, 3.63) is 105 Å². The second kappa shape index (κ2) is 12.2. The molecule has 36 heavy (non-hydrogen) atoms. The molecular formula is C27H26ClIN4O3. The van der Waals surface area contributed by atoms with Gasteiger partial charge in [-0.25, -0.2) is 0 Å². The average Bonchev–Trinajstić information content (AvgIpc) is 2.90. The number of halogens is 2. The number of nitrogens with zero attached hydrogens (tertiary/aromatic N) is 2. The molecule has 0 saturated carbocycles. The highest BCUT2D eigenvalue weighted by Gasteiger charge is 2.30. The second-order valence-corrected chi connectivity index (χ2v) is 9.26. The summed E-state index contributed by atoms with van der Waals surface area (Å²) < 4.78 is 18.1. The first-order valence-electron chi connectivity index (χ1n) is 11.1. The molecular weight excluding hydrogens is 591 g/mol. The van der Waals surface area contributed by atoms with Crippen LogP contribution in [0.3, 0.4) is 0 Å². The van der Waals surface area contributed by atoms with E-state index < -0.39 is 6.04 Å². The van der Waals surface area contributed by atoms with Crippen molar-refractivity contribution in [1.29, 1.82) is 0 Å². The number of hydrazine groups is 2. The minimum Gasteiger partial charge on any atom is -0.495 e. The molecule has 9 heteroatoms. The number of hydrogen-bond donors (Lipinski definition) is 2. The zero-order valence-electron chi connectivity index (χ0n) is 20.0. The fourth-order valence-electron chi connectivity index (χ4n) is 3.83. The van der Waals surface area contributed by atoms with Crippen molar-refractivity contribution in [3.8, 4) is 17.2 Å². The van der Waals surface area contributed by atoms with Gasteiger partial charge >= 0.3 is 0 Å². The largest absolute Gasteiger partial charge is 0.495 e. The maximum absolute atomic E-state index is 6.36. The number of hydrogen-bond acceptors (Lipinski definition) is 7. The molecule has 0 aliphatic heterocycles. The number of pyridine rings is 1. The lowest BCUT2D eigenvalue weighted by Crippen LogP contribution is -2.40. The lowest BCUT2D eigenvalue weighted by Gasteiger charge is -2.35. The number of anilines is 2. The number of para-hydroxylation sites is 2. The van der Waals surface area contributed by atoms with Crippen LogP contribution < -0.4 is 25.1 Å². The van der Waals surface area contributed by atoms with Crippen molar-refractivity contribution in [2.24, 2.45) is 0 Å². The lowest BCUT2D eigenvalue weighted by atomic mass is 10.0. The number of aromatic nitrogens is 1. The molecule has 1 atom stereocenters. The van der Waals surface area contributed by atoms with E-state index in [1.165, 1.54) is 0 Å². The van der Waals surface area contributed by atoms with E-state index in [9.17, 15) is 0 Å². The van der Waals surface area contributed by atoms with Crippen LogP contribution >= 0.6 is 34.2 Å². The van der Waals surface area contributed by atoms with Crippen LogP contribution in [0.4, 0.5) is 11.4 Å². The van der Waals surface area contributed by atoms with Gasteiger partial charge in [0.25, 0.3) is 0 Å². The van der Waals surface area contributed by atoms with Crippen LogP contribution in [0.1, 0.15) is 17.3 Å². The first kappa shape index (κ1) is 25.9. The quantitative estimate of drug-likeness (QED) is 0.150. The first-order chi connectivity index (χ1) is 17.5. The molecule has 4 aromatic rings. The second-order valence-electron chi connectivity index (χ2n) is 7.66. The highest BCUT2D eigenvalue weighted by molar-refractivity contribution is 14.1. The molecule has 3 aromatic carbocycles. The number of methoxy groups -OCH3 is 3. The van der Waals surface area contributed by atoms with Gasteiger partial charge in [0.1, 0.15) is 11.8 Å². The summed E-state index contributed by atoms with van der Waals surface area (Å²) in [4.78, 5) is 4.70. The van der Waals surface area contributed by atoms with Crippen LogP contribution in [-0.4, -0.2) is 31.4 Å². The third-order valence-electron chi connectivity index (χ3n) is 5.47. The van der Waals surface area contributed by atoms with Gasteiger partial charge in [-0.3, -0.25) is 15.8 Å². The predicted molar refractivity (Wildman–Crippen MR) is 152 cm³/mol. The minimum absolute atomic E-state index is 0.462. The molecule has 4 rings (SSSR count). The van der Waals surface area contributed by atoms with Crippen molar-refractivity contribution < 1.29 is 14.2 Å². The Morgan fingerprint density at radius 2 is 1.56 bits per heavy atom. The van der Waals surface area contributed by atoms with Crippen molar-refractivity contribution in [2.75, 3.05) is 32.2 Å². The van der Waals surface area contributed by atoms with Gasteiger partial charge < -0.3 is 14.2 Å². The summed E-state index contributed by atoms with van der Waals surface area (Å²) in [6, 6.07) is 24.5. The van der Waals surface area contributed by atoms with Gasteiger partial charge in [0.2, 0.25) is 0 Å². The van der Waals surface area contributed by atoms with E-state index in [1.54, 1.807) is 33.6 Å². The minimum atomic E-state index is -0.462. The van der Waals surface area contributed by atoms with Crippen LogP contribution in [0.25, 0.3) is 0 Å². The molecule has 0 aliphatic carbocycles. The summed E-state index contributed by atoms with van der Waals surface area (Å²) in [6.45, 7) is 0. The molecule has 2 N–H and O–H groups in total. The molecule has 0 aliphatic rings. The molecule has 1 heterocycles. The standard InChI is InChI=1S/C27H26ClIN4O3/c1-34-24-15-14-18(28)17-23(24)32-33(31-21-11-5-4-10-20(21)29)26(22-12-6-7-16-30-22)19-9-8-13-25(35-2)27(19)36-3/h4-17,26,31-32H,1-3H3. The van der Waals surface area contributed by atoms with E-state index in [4.69, 9.17) is 30.8 Å². The van der Waals surface area contributed by atoms with E-state index in [-0.39, 0.29) is 0 Å². The van der Waals surface area contributed by atoms with Crippen molar-refractivity contribution in [3.63, 3.8) is 0 Å². The molecule has 7 nitrogen and oxygen atoms in total. The summed E-state index contributed by atoms with van der Waals surface area (Å²) in [5.41, 5.74) is 10.2. The van der Waals surface area contributed by atoms with Gasteiger partial charge in [0.15, 0.2) is 11.5 Å². The van der Waals surface area contributed by atoms with E-state index in [0.717, 1.165) is 20.5 Å². The van der Waals surface area contributed by atoms with Gasteiger partial charge in [-0.1, -0.05) is 41.9 Å². The van der Waals surface area contributed by atoms with Gasteiger partial charge in [-0.2, -0.15) is 0 Å². The Kier molecular flexibility index (Phi) is 8.74. The lowest BCUT2D eigenvalue weighted by molar-refractivity contribution is 0.302. The Morgan fingerprint density at radius 3 is 2.25 bits per heavy atom. The Hall–Kier alpha value is -3.21. The summed E-state index contributed by atoms with van der Waals surface area (Å²) in [5, 5.41) is 2.44. The Balaban J connectivity index is 1.92. The molecule has 0 saturated heterocycles. The zero-order valence-corrected chi connectivity index (χ0v) is 22.9. The number of benzene rings is 3. The van der Waals surface area contributed by atoms with Gasteiger partial charge in [-0.05, 0) is 71.1 Å². The van der Waals surface area contributed by atoms with Crippen molar-refractivity contribution in [2.45, 2.75) is 6.04 Å². The molecule has 0 radical (unpaired) electrons. The fourth-order valence-corrected chi connectivity index (χ4v) is 4.51. The first-order valence-corrected chi connectivity index (χ1v) is 12.5. The number of nitrogens with one attached hydrogen (secondary N) is 2. The van der Waals surface area contributed by atoms with Gasteiger partial charge in [-0.15, -0.1) is 5.12 Å². The normalized spacial score (nSPS) is 11.6. The summed E-state index contributed by atoms with van der Waals surface area (Å²) in [6.07, 6.45) is 1.76. The molecule has 1 aromatic heterocycles. The van der Waals surface area contributed by atoms with Crippen LogP contribution in [0.2, 0.25) is 5.02 Å². The highest BCUT2D eigenvalue weighted by atomic mass is 127. The molecule has 0 spiro atoms. The molecule has 0 fully saturated rings. The Labute approximate surface area is 229 Å². The third kappa shape index (κ3) is 5.77. The smallest absolute Gasteiger partial charge is 0.166 e. The maximum Gasteiger partial charge on any atom is 0.166 e. The Morgan fingerprint density at radius 1 is 0.806 bits per heavy atom. The van der Waals surface area contributed by atoms with Gasteiger partial charge in [0, 0.05) is 20.4 Å². The van der Waals surface area contributed by atoms with Crippen molar-refractivity contribution in [1.82, 2.24) is 10.1 Å². The predicted octanol–water partition coefficient (Wildman–Crippen LogP) is 6.81. The summed E-state index contributed by atoms with van der Waals surface area (Å²) >= 11 is 8.66. The SMILES string of the molecule is COc1ccc(Cl)cc1NN(Nc1ccccc1I)C(c1ccccn1)c1cccc(OC)c1OC. The summed E-state index contributed by atoms with van der Waals surface area (Å²) in [5.74, 6) is 1.85. The monoisotopic (exact) mass is 616 g/mol. The van der Waals surface area contributed by atoms with Crippen molar-refractivity contribution >= 4 is 45.6 Å². The van der Waals surface area contributed by atoms with E-state index >= 15 is 0 Å². The average molecular weight is 617 g/mol. The van der Waals surface area contributed by atoms with Crippen LogP contribution in [0.5, 0.6) is 17.2 Å². The molecule has 0 bridgehead atoms. The fraction of sp³-hybridized carbons (Fsp3) is 0.148. The number of ether oxygens (including phenoxy) is 3. The Bertz CT molecular complexity index is 1310. The van der Waals surface area contributed by atoms with Crippen LogP contribution in [-0.2, 0) is 0 Å². The van der Waals surface area contributed by atoms with Gasteiger partial charge in [0.05, 0.1) is 38.4 Å². The number of rotatable bonds is 10. The van der Waals surface area contributed by atoms with Crippen LogP contribution in [0, 0.1) is 3.57 Å². The van der Waals surface area contributed by atoms with E-state index in [0.29, 0.717) is 28.0 Å². The molecule has 1 unspecified atom stereocenters. The maximum atomic E-state index is 6.36. The summed E-state index contributed by atoms with van der Waals surface area (Å²) in [7, 11) is 4.87. The van der Waals surface area contributed by atoms with E-state index in [2.05, 4.69) is 33.4 Å². The topological polar surface area (TPSA) is 67.9 Å². The third-order valence-corrected chi connectivity index (χ3v) is 6.65.